The fraction of sp³-hybridized carbons (Fsp3) is 0.471. The van der Waals surface area contributed by atoms with E-state index in [0.717, 1.165) is 19.6 Å². The molecule has 114 valence electrons. The number of hydrogen-bond donors (Lipinski definition) is 1. The van der Waals surface area contributed by atoms with Gasteiger partial charge in [0.15, 0.2) is 0 Å². The molecule has 0 aliphatic heterocycles. The fourth-order valence-electron chi connectivity index (χ4n) is 2.22. The summed E-state index contributed by atoms with van der Waals surface area (Å²) in [5.74, 6) is 0. The Kier molecular flexibility index (Phi) is 5.53. The van der Waals surface area contributed by atoms with Crippen molar-refractivity contribution in [1.82, 2.24) is 20.0 Å². The van der Waals surface area contributed by atoms with Gasteiger partial charge in [0.05, 0.1) is 6.20 Å². The Bertz CT molecular complexity index is 559. The average molecular weight is 286 g/mol. The normalized spacial score (nSPS) is 11.5. The van der Waals surface area contributed by atoms with E-state index in [4.69, 9.17) is 0 Å². The topological polar surface area (TPSA) is 33.1 Å². The molecule has 0 unspecified atom stereocenters. The molecule has 0 atom stereocenters. The second-order valence-corrected chi connectivity index (χ2v) is 5.95. The van der Waals surface area contributed by atoms with E-state index in [1.54, 1.807) is 0 Å². The Balaban J connectivity index is 1.86. The zero-order valence-corrected chi connectivity index (χ0v) is 13.5. The molecule has 0 saturated heterocycles. The molecule has 2 rings (SSSR count). The molecule has 21 heavy (non-hydrogen) atoms. The van der Waals surface area contributed by atoms with Crippen LogP contribution in [0.3, 0.4) is 0 Å². The number of nitrogens with one attached hydrogen (secondary N) is 1. The molecule has 1 N–H and O–H groups in total. The highest BCUT2D eigenvalue weighted by molar-refractivity contribution is 5.23. The van der Waals surface area contributed by atoms with Gasteiger partial charge in [0.1, 0.15) is 0 Å². The molecule has 0 spiro atoms. The van der Waals surface area contributed by atoms with Crippen LogP contribution in [0.4, 0.5) is 0 Å². The van der Waals surface area contributed by atoms with Gasteiger partial charge in [0, 0.05) is 44.5 Å². The van der Waals surface area contributed by atoms with Gasteiger partial charge in [0.2, 0.25) is 0 Å². The smallest absolute Gasteiger partial charge is 0.0534 e. The minimum absolute atomic E-state index is 0.567. The van der Waals surface area contributed by atoms with Crippen molar-refractivity contribution >= 4 is 0 Å². The molecule has 0 fully saturated rings. The van der Waals surface area contributed by atoms with Crippen LogP contribution in [0.2, 0.25) is 0 Å². The summed E-state index contributed by atoms with van der Waals surface area (Å²) in [7, 11) is 4.11. The van der Waals surface area contributed by atoms with Crippen LogP contribution in [-0.4, -0.2) is 27.8 Å². The Morgan fingerprint density at radius 3 is 2.57 bits per heavy atom. The Morgan fingerprint density at radius 2 is 1.90 bits per heavy atom. The van der Waals surface area contributed by atoms with Crippen LogP contribution >= 0.6 is 0 Å². The van der Waals surface area contributed by atoms with E-state index in [-0.39, 0.29) is 0 Å². The molecule has 0 amide bonds. The van der Waals surface area contributed by atoms with Gasteiger partial charge in [-0.05, 0) is 32.0 Å². The van der Waals surface area contributed by atoms with Gasteiger partial charge in [-0.1, -0.05) is 24.3 Å². The third-order valence-electron chi connectivity index (χ3n) is 3.72. The molecule has 0 bridgehead atoms. The number of aryl methyl sites for hydroxylation is 1. The molecule has 0 radical (unpaired) electrons. The molecule has 1 aromatic heterocycles. The minimum atomic E-state index is 0.567. The van der Waals surface area contributed by atoms with Gasteiger partial charge in [-0.3, -0.25) is 9.58 Å². The molecule has 1 aromatic carbocycles. The molecule has 0 aliphatic rings. The van der Waals surface area contributed by atoms with Crippen LogP contribution in [0, 0.1) is 0 Å². The van der Waals surface area contributed by atoms with Crippen LogP contribution in [0.5, 0.6) is 0 Å². The first-order valence-corrected chi connectivity index (χ1v) is 7.51. The fourth-order valence-corrected chi connectivity index (χ4v) is 2.22. The van der Waals surface area contributed by atoms with Gasteiger partial charge in [0.25, 0.3) is 0 Å². The Labute approximate surface area is 127 Å². The van der Waals surface area contributed by atoms with Crippen molar-refractivity contribution in [3.05, 3.63) is 53.3 Å². The SMILES string of the molecule is CC(C)N(C)Cc1cccc(CNCc2cnn(C)c2)c1. The lowest BCUT2D eigenvalue weighted by molar-refractivity contribution is 0.266. The van der Waals surface area contributed by atoms with Crippen molar-refractivity contribution in [2.24, 2.45) is 7.05 Å². The van der Waals surface area contributed by atoms with Gasteiger partial charge >= 0.3 is 0 Å². The third kappa shape index (κ3) is 4.99. The van der Waals surface area contributed by atoms with E-state index < -0.39 is 0 Å². The predicted octanol–water partition coefficient (Wildman–Crippen LogP) is 2.55. The maximum Gasteiger partial charge on any atom is 0.0534 e. The Hall–Kier alpha value is -1.65. The molecular formula is C17H26N4. The highest BCUT2D eigenvalue weighted by Crippen LogP contribution is 2.09. The van der Waals surface area contributed by atoms with Crippen LogP contribution in [0.15, 0.2) is 36.7 Å². The highest BCUT2D eigenvalue weighted by Gasteiger charge is 2.04. The molecule has 4 nitrogen and oxygen atoms in total. The minimum Gasteiger partial charge on any atom is -0.309 e. The van der Waals surface area contributed by atoms with E-state index >= 15 is 0 Å². The van der Waals surface area contributed by atoms with Gasteiger partial charge in [-0.2, -0.15) is 5.10 Å². The second-order valence-electron chi connectivity index (χ2n) is 5.95. The standard InChI is InChI=1S/C17H26N4/c1-14(2)20(3)12-16-7-5-6-15(8-16)9-18-10-17-11-19-21(4)13-17/h5-8,11,13-14,18H,9-10,12H2,1-4H3. The van der Waals surface area contributed by atoms with E-state index in [1.807, 2.05) is 24.1 Å². The molecule has 2 aromatic rings. The molecule has 0 aliphatic carbocycles. The lowest BCUT2D eigenvalue weighted by Gasteiger charge is -2.21. The number of aromatic nitrogens is 2. The predicted molar refractivity (Wildman–Crippen MR) is 86.8 cm³/mol. The first-order chi connectivity index (χ1) is 10.0. The van der Waals surface area contributed by atoms with Crippen molar-refractivity contribution < 1.29 is 0 Å². The number of nitrogens with zero attached hydrogens (tertiary/aromatic N) is 3. The summed E-state index contributed by atoms with van der Waals surface area (Å²) in [6.07, 6.45) is 3.95. The lowest BCUT2D eigenvalue weighted by atomic mass is 10.1. The summed E-state index contributed by atoms with van der Waals surface area (Å²) in [6.45, 7) is 7.17. The molecule has 1 heterocycles. The molecular weight excluding hydrogens is 260 g/mol. The monoisotopic (exact) mass is 286 g/mol. The molecule has 4 heteroatoms. The Morgan fingerprint density at radius 1 is 1.19 bits per heavy atom. The van der Waals surface area contributed by atoms with Crippen molar-refractivity contribution in [3.63, 3.8) is 0 Å². The maximum absolute atomic E-state index is 4.18. The zero-order chi connectivity index (χ0) is 15.2. The average Bonchev–Trinajstić information content (AvgIpc) is 2.85. The summed E-state index contributed by atoms with van der Waals surface area (Å²) in [5, 5.41) is 7.64. The lowest BCUT2D eigenvalue weighted by Crippen LogP contribution is -2.25. The van der Waals surface area contributed by atoms with Crippen molar-refractivity contribution in [1.29, 1.82) is 0 Å². The second kappa shape index (κ2) is 7.38. The van der Waals surface area contributed by atoms with Crippen LogP contribution in [0.25, 0.3) is 0 Å². The number of rotatable bonds is 7. The van der Waals surface area contributed by atoms with Crippen molar-refractivity contribution in [2.45, 2.75) is 39.5 Å². The van der Waals surface area contributed by atoms with Gasteiger partial charge in [-0.25, -0.2) is 0 Å². The number of hydrogen-bond acceptors (Lipinski definition) is 3. The van der Waals surface area contributed by atoms with Crippen molar-refractivity contribution in [3.8, 4) is 0 Å². The van der Waals surface area contributed by atoms with E-state index in [2.05, 4.69) is 60.5 Å². The van der Waals surface area contributed by atoms with Crippen molar-refractivity contribution in [2.75, 3.05) is 7.05 Å². The van der Waals surface area contributed by atoms with E-state index in [9.17, 15) is 0 Å². The quantitative estimate of drug-likeness (QED) is 0.849. The zero-order valence-electron chi connectivity index (χ0n) is 13.5. The highest BCUT2D eigenvalue weighted by atomic mass is 15.2. The van der Waals surface area contributed by atoms with E-state index in [1.165, 1.54) is 16.7 Å². The summed E-state index contributed by atoms with van der Waals surface area (Å²) in [5.41, 5.74) is 3.91. The first-order valence-electron chi connectivity index (χ1n) is 7.51. The summed E-state index contributed by atoms with van der Waals surface area (Å²) < 4.78 is 1.83. The maximum atomic E-state index is 4.18. The van der Waals surface area contributed by atoms with Crippen LogP contribution in [0.1, 0.15) is 30.5 Å². The van der Waals surface area contributed by atoms with E-state index in [0.29, 0.717) is 6.04 Å². The number of benzene rings is 1. The third-order valence-corrected chi connectivity index (χ3v) is 3.72. The first kappa shape index (κ1) is 15.7. The largest absolute Gasteiger partial charge is 0.309 e. The van der Waals surface area contributed by atoms with Crippen LogP contribution < -0.4 is 5.32 Å². The summed E-state index contributed by atoms with van der Waals surface area (Å²) in [4.78, 5) is 2.35. The summed E-state index contributed by atoms with van der Waals surface area (Å²) in [6, 6.07) is 9.37. The molecule has 0 saturated carbocycles. The van der Waals surface area contributed by atoms with Gasteiger partial charge in [-0.15, -0.1) is 0 Å². The summed E-state index contributed by atoms with van der Waals surface area (Å²) >= 11 is 0. The van der Waals surface area contributed by atoms with Crippen LogP contribution in [-0.2, 0) is 26.7 Å². The van der Waals surface area contributed by atoms with Gasteiger partial charge < -0.3 is 5.32 Å².